The van der Waals surface area contributed by atoms with E-state index < -0.39 is 17.6 Å². The van der Waals surface area contributed by atoms with Gasteiger partial charge in [-0.2, -0.15) is 0 Å². The third-order valence-corrected chi connectivity index (χ3v) is 3.38. The highest BCUT2D eigenvalue weighted by Crippen LogP contribution is 2.25. The van der Waals surface area contributed by atoms with Crippen LogP contribution in [0.1, 0.15) is 33.1 Å². The van der Waals surface area contributed by atoms with Crippen LogP contribution in [0.15, 0.2) is 0 Å². The molecule has 0 saturated carbocycles. The number of aliphatic carboxylic acids is 1. The second kappa shape index (κ2) is 4.82. The molecule has 1 N–H and O–H groups in total. The molecule has 0 aromatic carbocycles. The molecule has 1 aliphatic heterocycles. The van der Waals surface area contributed by atoms with E-state index in [0.717, 1.165) is 6.42 Å². The van der Waals surface area contributed by atoms with Gasteiger partial charge in [0, 0.05) is 13.7 Å². The number of ether oxygens (including phenoxy) is 1. The maximum absolute atomic E-state index is 12.2. The summed E-state index contributed by atoms with van der Waals surface area (Å²) < 4.78 is 5.21. The van der Waals surface area contributed by atoms with Crippen LogP contribution in [0.3, 0.4) is 0 Å². The SMILES string of the molecule is CCC(C)(OC)C(=O)N1CCC[C@H]1C(=O)O. The lowest BCUT2D eigenvalue weighted by atomic mass is 10.0. The quantitative estimate of drug-likeness (QED) is 0.777. The number of methoxy groups -OCH3 is 1. The van der Waals surface area contributed by atoms with Crippen molar-refractivity contribution in [3.8, 4) is 0 Å². The van der Waals surface area contributed by atoms with Gasteiger partial charge >= 0.3 is 5.97 Å². The Morgan fingerprint density at radius 2 is 2.19 bits per heavy atom. The first-order valence-electron chi connectivity index (χ1n) is 5.55. The van der Waals surface area contributed by atoms with Crippen molar-refractivity contribution in [3.63, 3.8) is 0 Å². The summed E-state index contributed by atoms with van der Waals surface area (Å²) in [5.41, 5.74) is -0.905. The number of rotatable bonds is 4. The molecule has 1 heterocycles. The third-order valence-electron chi connectivity index (χ3n) is 3.38. The summed E-state index contributed by atoms with van der Waals surface area (Å²) in [4.78, 5) is 24.6. The third kappa shape index (κ3) is 2.19. The molecule has 1 fully saturated rings. The Morgan fingerprint density at radius 3 is 2.62 bits per heavy atom. The first-order valence-corrected chi connectivity index (χ1v) is 5.55. The summed E-state index contributed by atoms with van der Waals surface area (Å²) in [6.45, 7) is 4.06. The topological polar surface area (TPSA) is 66.8 Å². The minimum absolute atomic E-state index is 0.220. The molecule has 2 atom stereocenters. The van der Waals surface area contributed by atoms with Gasteiger partial charge in [-0.3, -0.25) is 4.79 Å². The number of carbonyl (C=O) groups excluding carboxylic acids is 1. The zero-order chi connectivity index (χ0) is 12.3. The van der Waals surface area contributed by atoms with Crippen LogP contribution >= 0.6 is 0 Å². The lowest BCUT2D eigenvalue weighted by Gasteiger charge is -2.32. The van der Waals surface area contributed by atoms with Gasteiger partial charge in [0.2, 0.25) is 0 Å². The number of hydrogen-bond donors (Lipinski definition) is 1. The number of likely N-dealkylation sites (tertiary alicyclic amines) is 1. The highest BCUT2D eigenvalue weighted by Gasteiger charge is 2.42. The van der Waals surface area contributed by atoms with E-state index in [0.29, 0.717) is 19.4 Å². The zero-order valence-electron chi connectivity index (χ0n) is 10.0. The molecule has 0 radical (unpaired) electrons. The Balaban J connectivity index is 2.84. The van der Waals surface area contributed by atoms with Gasteiger partial charge in [0.05, 0.1) is 0 Å². The lowest BCUT2D eigenvalue weighted by molar-refractivity contribution is -0.160. The summed E-state index contributed by atoms with van der Waals surface area (Å²) in [5, 5.41) is 9.01. The van der Waals surface area contributed by atoms with Crippen LogP contribution in [0.4, 0.5) is 0 Å². The van der Waals surface area contributed by atoms with E-state index in [1.807, 2.05) is 6.92 Å². The molecular weight excluding hydrogens is 210 g/mol. The first kappa shape index (κ1) is 13.0. The van der Waals surface area contributed by atoms with Crippen molar-refractivity contribution in [2.24, 2.45) is 0 Å². The van der Waals surface area contributed by atoms with Gasteiger partial charge in [0.25, 0.3) is 5.91 Å². The van der Waals surface area contributed by atoms with E-state index >= 15 is 0 Å². The Labute approximate surface area is 95.4 Å². The molecule has 92 valence electrons. The van der Waals surface area contributed by atoms with Crippen molar-refractivity contribution in [2.45, 2.75) is 44.8 Å². The van der Waals surface area contributed by atoms with Gasteiger partial charge in [-0.05, 0) is 26.2 Å². The summed E-state index contributed by atoms with van der Waals surface area (Å²) in [7, 11) is 1.48. The molecule has 1 rings (SSSR count). The van der Waals surface area contributed by atoms with E-state index in [9.17, 15) is 9.59 Å². The predicted octanol–water partition coefficient (Wildman–Crippen LogP) is 0.877. The number of carboxylic acid groups (broad SMARTS) is 1. The molecule has 0 aromatic heterocycles. The molecule has 0 aliphatic carbocycles. The number of amides is 1. The number of nitrogens with zero attached hydrogens (tertiary/aromatic N) is 1. The summed E-state index contributed by atoms with van der Waals surface area (Å²) in [5.74, 6) is -1.15. The van der Waals surface area contributed by atoms with Crippen molar-refractivity contribution < 1.29 is 19.4 Å². The standard InChI is InChI=1S/C11H19NO4/c1-4-11(2,16-3)10(15)12-7-5-6-8(12)9(13)14/h8H,4-7H2,1-3H3,(H,13,14)/t8-,11?/m0/s1. The summed E-state index contributed by atoms with van der Waals surface area (Å²) in [6, 6.07) is -0.687. The van der Waals surface area contributed by atoms with Gasteiger partial charge in [0.1, 0.15) is 11.6 Å². The fourth-order valence-electron chi connectivity index (χ4n) is 1.95. The van der Waals surface area contributed by atoms with Gasteiger partial charge in [-0.25, -0.2) is 4.79 Å². The van der Waals surface area contributed by atoms with E-state index in [4.69, 9.17) is 9.84 Å². The molecule has 1 unspecified atom stereocenters. The number of carboxylic acids is 1. The van der Waals surface area contributed by atoms with E-state index in [1.165, 1.54) is 12.0 Å². The van der Waals surface area contributed by atoms with Gasteiger partial charge in [-0.15, -0.1) is 0 Å². The van der Waals surface area contributed by atoms with Crippen LogP contribution in [0.25, 0.3) is 0 Å². The second-order valence-electron chi connectivity index (χ2n) is 4.28. The molecule has 0 aromatic rings. The molecule has 16 heavy (non-hydrogen) atoms. The Kier molecular flexibility index (Phi) is 3.91. The Morgan fingerprint density at radius 1 is 1.56 bits per heavy atom. The molecular formula is C11H19NO4. The van der Waals surface area contributed by atoms with Crippen LogP contribution in [0.2, 0.25) is 0 Å². The van der Waals surface area contributed by atoms with E-state index in [2.05, 4.69) is 0 Å². The molecule has 0 spiro atoms. The largest absolute Gasteiger partial charge is 0.480 e. The minimum Gasteiger partial charge on any atom is -0.480 e. The zero-order valence-corrected chi connectivity index (χ0v) is 10.0. The molecule has 1 aliphatic rings. The van der Waals surface area contributed by atoms with Crippen molar-refractivity contribution >= 4 is 11.9 Å². The summed E-state index contributed by atoms with van der Waals surface area (Å²) in [6.07, 6.45) is 1.81. The highest BCUT2D eigenvalue weighted by molar-refractivity contribution is 5.89. The summed E-state index contributed by atoms with van der Waals surface area (Å²) >= 11 is 0. The van der Waals surface area contributed by atoms with E-state index in [-0.39, 0.29) is 5.91 Å². The van der Waals surface area contributed by atoms with Crippen LogP contribution in [0, 0.1) is 0 Å². The molecule has 1 saturated heterocycles. The fourth-order valence-corrected chi connectivity index (χ4v) is 1.95. The van der Waals surface area contributed by atoms with Crippen molar-refractivity contribution in [2.75, 3.05) is 13.7 Å². The van der Waals surface area contributed by atoms with Crippen LogP contribution in [-0.2, 0) is 14.3 Å². The average Bonchev–Trinajstić information content (AvgIpc) is 2.75. The van der Waals surface area contributed by atoms with Gasteiger partial charge in [-0.1, -0.05) is 6.92 Å². The Hall–Kier alpha value is -1.10. The first-order chi connectivity index (χ1) is 7.46. The fraction of sp³-hybridized carbons (Fsp3) is 0.818. The lowest BCUT2D eigenvalue weighted by Crippen LogP contribution is -2.51. The predicted molar refractivity (Wildman–Crippen MR) is 58.1 cm³/mol. The molecule has 0 bridgehead atoms. The second-order valence-corrected chi connectivity index (χ2v) is 4.28. The smallest absolute Gasteiger partial charge is 0.326 e. The van der Waals surface area contributed by atoms with Crippen molar-refractivity contribution in [3.05, 3.63) is 0 Å². The highest BCUT2D eigenvalue weighted by atomic mass is 16.5. The van der Waals surface area contributed by atoms with Gasteiger partial charge in [0.15, 0.2) is 0 Å². The van der Waals surface area contributed by atoms with Crippen molar-refractivity contribution in [1.82, 2.24) is 4.90 Å². The minimum atomic E-state index is -0.930. The number of hydrogen-bond acceptors (Lipinski definition) is 3. The van der Waals surface area contributed by atoms with Crippen molar-refractivity contribution in [1.29, 1.82) is 0 Å². The normalized spacial score (nSPS) is 24.2. The maximum Gasteiger partial charge on any atom is 0.326 e. The van der Waals surface area contributed by atoms with Crippen LogP contribution in [-0.4, -0.2) is 47.2 Å². The van der Waals surface area contributed by atoms with Crippen LogP contribution in [0.5, 0.6) is 0 Å². The average molecular weight is 229 g/mol. The maximum atomic E-state index is 12.2. The van der Waals surface area contributed by atoms with E-state index in [1.54, 1.807) is 6.92 Å². The molecule has 5 heteroatoms. The molecule has 1 amide bonds. The molecule has 5 nitrogen and oxygen atoms in total. The number of carbonyl (C=O) groups is 2. The van der Waals surface area contributed by atoms with Gasteiger partial charge < -0.3 is 14.7 Å². The monoisotopic (exact) mass is 229 g/mol. The Bertz CT molecular complexity index is 286. The van der Waals surface area contributed by atoms with Crippen LogP contribution < -0.4 is 0 Å².